The van der Waals surface area contributed by atoms with E-state index in [2.05, 4.69) is 4.90 Å². The number of amides is 1. The largest absolute Gasteiger partial charge is 0.349 e. The molecule has 0 saturated carbocycles. The lowest BCUT2D eigenvalue weighted by atomic mass is 10.1. The Bertz CT molecular complexity index is 143. The molecule has 1 atom stereocenters. The summed E-state index contributed by atoms with van der Waals surface area (Å²) in [5.41, 5.74) is 0. The zero-order valence-electron chi connectivity index (χ0n) is 8.79. The molecule has 0 saturated heterocycles. The van der Waals surface area contributed by atoms with Crippen LogP contribution in [0.3, 0.4) is 0 Å². The van der Waals surface area contributed by atoms with Crippen LogP contribution in [-0.2, 0) is 4.79 Å². The van der Waals surface area contributed by atoms with E-state index in [-0.39, 0.29) is 11.8 Å². The van der Waals surface area contributed by atoms with Crippen molar-refractivity contribution in [1.82, 2.24) is 9.80 Å². The Balaban J connectivity index is 3.72. The summed E-state index contributed by atoms with van der Waals surface area (Å²) in [7, 11) is 7.64. The molecule has 0 aromatic carbocycles. The molecule has 72 valence electrons. The maximum Gasteiger partial charge on any atom is 0.224 e. The van der Waals surface area contributed by atoms with E-state index in [0.29, 0.717) is 0 Å². The second kappa shape index (κ2) is 5.14. The van der Waals surface area contributed by atoms with Crippen LogP contribution in [0, 0.1) is 5.92 Å². The number of hydrogen-bond donors (Lipinski definition) is 0. The van der Waals surface area contributed by atoms with Crippen molar-refractivity contribution < 1.29 is 4.79 Å². The lowest BCUT2D eigenvalue weighted by Crippen LogP contribution is -2.30. The summed E-state index contributed by atoms with van der Waals surface area (Å²) in [6, 6.07) is 0. The Labute approximate surface area is 75.3 Å². The van der Waals surface area contributed by atoms with Gasteiger partial charge in [0.2, 0.25) is 5.91 Å². The first-order valence-corrected chi connectivity index (χ1v) is 4.31. The second-order valence-corrected chi connectivity index (χ2v) is 3.73. The van der Waals surface area contributed by atoms with Gasteiger partial charge in [0.05, 0.1) is 0 Å². The standard InChI is InChI=1S/C9H20N2O/c1-8(6-7-10(2)3)9(12)11(4)5/h8H,6-7H2,1-5H3. The van der Waals surface area contributed by atoms with Gasteiger partial charge in [-0.1, -0.05) is 6.92 Å². The third kappa shape index (κ3) is 4.34. The first kappa shape index (κ1) is 11.4. The van der Waals surface area contributed by atoms with Gasteiger partial charge in [0.25, 0.3) is 0 Å². The van der Waals surface area contributed by atoms with Crippen LogP contribution >= 0.6 is 0 Å². The van der Waals surface area contributed by atoms with E-state index in [9.17, 15) is 4.79 Å². The van der Waals surface area contributed by atoms with Gasteiger partial charge in [-0.25, -0.2) is 0 Å². The van der Waals surface area contributed by atoms with Crippen molar-refractivity contribution in [2.45, 2.75) is 13.3 Å². The number of hydrogen-bond acceptors (Lipinski definition) is 2. The summed E-state index contributed by atoms with van der Waals surface area (Å²) < 4.78 is 0. The molecular weight excluding hydrogens is 152 g/mol. The average Bonchev–Trinajstić information content (AvgIpc) is 1.98. The predicted molar refractivity (Wildman–Crippen MR) is 51.0 cm³/mol. The first-order valence-electron chi connectivity index (χ1n) is 4.31. The van der Waals surface area contributed by atoms with E-state index in [1.165, 1.54) is 0 Å². The topological polar surface area (TPSA) is 23.6 Å². The maximum atomic E-state index is 11.4. The lowest BCUT2D eigenvalue weighted by Gasteiger charge is -2.18. The van der Waals surface area contributed by atoms with Crippen LogP contribution in [0.2, 0.25) is 0 Å². The van der Waals surface area contributed by atoms with Crippen LogP contribution < -0.4 is 0 Å². The predicted octanol–water partition coefficient (Wildman–Crippen LogP) is 0.662. The van der Waals surface area contributed by atoms with Gasteiger partial charge in [0, 0.05) is 20.0 Å². The van der Waals surface area contributed by atoms with Gasteiger partial charge in [0.1, 0.15) is 0 Å². The zero-order chi connectivity index (χ0) is 9.72. The molecule has 12 heavy (non-hydrogen) atoms. The van der Waals surface area contributed by atoms with E-state index in [4.69, 9.17) is 0 Å². The van der Waals surface area contributed by atoms with Gasteiger partial charge < -0.3 is 9.80 Å². The van der Waals surface area contributed by atoms with Crippen LogP contribution in [0.25, 0.3) is 0 Å². The van der Waals surface area contributed by atoms with Crippen molar-refractivity contribution in [2.75, 3.05) is 34.7 Å². The van der Waals surface area contributed by atoms with Gasteiger partial charge in [-0.2, -0.15) is 0 Å². The molecule has 1 unspecified atom stereocenters. The van der Waals surface area contributed by atoms with E-state index in [1.807, 2.05) is 21.0 Å². The van der Waals surface area contributed by atoms with Crippen LogP contribution in [-0.4, -0.2) is 50.4 Å². The molecule has 0 fully saturated rings. The Morgan fingerprint density at radius 2 is 1.75 bits per heavy atom. The Morgan fingerprint density at radius 3 is 2.08 bits per heavy atom. The number of nitrogens with zero attached hydrogens (tertiary/aromatic N) is 2. The molecule has 0 aromatic heterocycles. The minimum Gasteiger partial charge on any atom is -0.349 e. The molecule has 0 N–H and O–H groups in total. The summed E-state index contributed by atoms with van der Waals surface area (Å²) >= 11 is 0. The van der Waals surface area contributed by atoms with Crippen LogP contribution in [0.1, 0.15) is 13.3 Å². The third-order valence-electron chi connectivity index (χ3n) is 1.87. The van der Waals surface area contributed by atoms with E-state index >= 15 is 0 Å². The number of carbonyl (C=O) groups excluding carboxylic acids is 1. The smallest absolute Gasteiger partial charge is 0.224 e. The highest BCUT2D eigenvalue weighted by Crippen LogP contribution is 2.04. The second-order valence-electron chi connectivity index (χ2n) is 3.73. The highest BCUT2D eigenvalue weighted by molar-refractivity contribution is 5.77. The van der Waals surface area contributed by atoms with Gasteiger partial charge in [0.15, 0.2) is 0 Å². The van der Waals surface area contributed by atoms with Gasteiger partial charge >= 0.3 is 0 Å². The fraction of sp³-hybridized carbons (Fsp3) is 0.889. The lowest BCUT2D eigenvalue weighted by molar-refractivity contribution is -0.132. The molecule has 0 spiro atoms. The molecule has 0 aliphatic carbocycles. The molecule has 0 aliphatic rings. The summed E-state index contributed by atoms with van der Waals surface area (Å²) in [6.07, 6.45) is 0.935. The number of carbonyl (C=O) groups is 1. The molecule has 3 heteroatoms. The summed E-state index contributed by atoms with van der Waals surface area (Å²) in [5, 5.41) is 0. The fourth-order valence-electron chi connectivity index (χ4n) is 1.02. The minimum atomic E-state index is 0.141. The molecule has 0 rings (SSSR count). The van der Waals surface area contributed by atoms with Crippen LogP contribution in [0.15, 0.2) is 0 Å². The van der Waals surface area contributed by atoms with Gasteiger partial charge in [-0.3, -0.25) is 4.79 Å². The third-order valence-corrected chi connectivity index (χ3v) is 1.87. The summed E-state index contributed by atoms with van der Waals surface area (Å²) in [4.78, 5) is 15.1. The Kier molecular flexibility index (Phi) is 4.90. The molecule has 0 heterocycles. The van der Waals surface area contributed by atoms with Crippen LogP contribution in [0.4, 0.5) is 0 Å². The Morgan fingerprint density at radius 1 is 1.25 bits per heavy atom. The van der Waals surface area contributed by atoms with Crippen molar-refractivity contribution in [1.29, 1.82) is 0 Å². The summed E-state index contributed by atoms with van der Waals surface area (Å²) in [5.74, 6) is 0.360. The number of rotatable bonds is 4. The monoisotopic (exact) mass is 172 g/mol. The molecular formula is C9H20N2O. The van der Waals surface area contributed by atoms with Crippen molar-refractivity contribution in [3.8, 4) is 0 Å². The summed E-state index contributed by atoms with van der Waals surface area (Å²) in [6.45, 7) is 2.95. The van der Waals surface area contributed by atoms with Crippen molar-refractivity contribution in [3.63, 3.8) is 0 Å². The SMILES string of the molecule is CC(CCN(C)C)C(=O)N(C)C. The van der Waals surface area contributed by atoms with Crippen molar-refractivity contribution in [3.05, 3.63) is 0 Å². The van der Waals surface area contributed by atoms with E-state index in [1.54, 1.807) is 19.0 Å². The normalized spacial score (nSPS) is 13.2. The molecule has 1 amide bonds. The van der Waals surface area contributed by atoms with E-state index in [0.717, 1.165) is 13.0 Å². The zero-order valence-corrected chi connectivity index (χ0v) is 8.79. The van der Waals surface area contributed by atoms with Gasteiger partial charge in [-0.15, -0.1) is 0 Å². The first-order chi connectivity index (χ1) is 5.45. The van der Waals surface area contributed by atoms with Crippen LogP contribution in [0.5, 0.6) is 0 Å². The Hall–Kier alpha value is -0.570. The van der Waals surface area contributed by atoms with Crippen molar-refractivity contribution in [2.24, 2.45) is 5.92 Å². The highest BCUT2D eigenvalue weighted by Gasteiger charge is 2.13. The molecule has 0 aromatic rings. The molecule has 0 aliphatic heterocycles. The molecule has 0 radical (unpaired) electrons. The van der Waals surface area contributed by atoms with E-state index < -0.39 is 0 Å². The average molecular weight is 172 g/mol. The maximum absolute atomic E-state index is 11.4. The minimum absolute atomic E-state index is 0.141. The fourth-order valence-corrected chi connectivity index (χ4v) is 1.02. The highest BCUT2D eigenvalue weighted by atomic mass is 16.2. The molecule has 3 nitrogen and oxygen atoms in total. The quantitative estimate of drug-likeness (QED) is 0.622. The van der Waals surface area contributed by atoms with Gasteiger partial charge in [-0.05, 0) is 27.1 Å². The molecule has 0 bridgehead atoms. The van der Waals surface area contributed by atoms with Crippen molar-refractivity contribution >= 4 is 5.91 Å².